The SMILES string of the molecule is CCOC(=O)C1(C(=O)OCC)CC(=O)N(Cc2ccccc2)CC12OCCO2. The van der Waals surface area contributed by atoms with Crippen molar-refractivity contribution >= 4 is 17.8 Å². The third-order valence-electron chi connectivity index (χ3n) is 5.04. The molecule has 8 heteroatoms. The average Bonchev–Trinajstić information content (AvgIpc) is 3.15. The van der Waals surface area contributed by atoms with E-state index in [1.807, 2.05) is 30.3 Å². The molecule has 2 saturated heterocycles. The molecule has 0 aromatic heterocycles. The second-order valence-corrected chi connectivity index (χ2v) is 6.71. The zero-order chi connectivity index (χ0) is 20.2. The van der Waals surface area contributed by atoms with Crippen LogP contribution in [0.15, 0.2) is 30.3 Å². The van der Waals surface area contributed by atoms with E-state index in [9.17, 15) is 14.4 Å². The largest absolute Gasteiger partial charge is 0.465 e. The van der Waals surface area contributed by atoms with E-state index in [0.29, 0.717) is 6.54 Å². The zero-order valence-corrected chi connectivity index (χ0v) is 16.1. The van der Waals surface area contributed by atoms with Gasteiger partial charge in [0.1, 0.15) is 0 Å². The van der Waals surface area contributed by atoms with Crippen LogP contribution < -0.4 is 0 Å². The summed E-state index contributed by atoms with van der Waals surface area (Å²) in [6, 6.07) is 9.44. The Bertz CT molecular complexity index is 709. The van der Waals surface area contributed by atoms with Gasteiger partial charge in [0.15, 0.2) is 0 Å². The summed E-state index contributed by atoms with van der Waals surface area (Å²) >= 11 is 0. The highest BCUT2D eigenvalue weighted by Gasteiger charge is 2.71. The van der Waals surface area contributed by atoms with Crippen molar-refractivity contribution in [2.75, 3.05) is 33.0 Å². The van der Waals surface area contributed by atoms with Crippen molar-refractivity contribution in [3.63, 3.8) is 0 Å². The van der Waals surface area contributed by atoms with Gasteiger partial charge >= 0.3 is 11.9 Å². The van der Waals surface area contributed by atoms with Crippen LogP contribution in [0.25, 0.3) is 0 Å². The number of esters is 2. The van der Waals surface area contributed by atoms with Crippen molar-refractivity contribution < 1.29 is 33.3 Å². The summed E-state index contributed by atoms with van der Waals surface area (Å²) in [6.07, 6.45) is -0.433. The number of amides is 1. The van der Waals surface area contributed by atoms with Crippen molar-refractivity contribution in [2.45, 2.75) is 32.6 Å². The number of likely N-dealkylation sites (tertiary alicyclic amines) is 1. The fourth-order valence-corrected chi connectivity index (χ4v) is 3.74. The highest BCUT2D eigenvalue weighted by molar-refractivity contribution is 6.06. The van der Waals surface area contributed by atoms with E-state index >= 15 is 0 Å². The minimum absolute atomic E-state index is 0.0536. The Morgan fingerprint density at radius 3 is 2.14 bits per heavy atom. The number of piperidine rings is 1. The van der Waals surface area contributed by atoms with Crippen LogP contribution in [0.1, 0.15) is 25.8 Å². The molecule has 2 aliphatic heterocycles. The molecule has 1 spiro atoms. The van der Waals surface area contributed by atoms with Crippen molar-refractivity contribution in [3.05, 3.63) is 35.9 Å². The maximum Gasteiger partial charge on any atom is 0.329 e. The molecule has 152 valence electrons. The van der Waals surface area contributed by atoms with E-state index in [1.54, 1.807) is 13.8 Å². The molecule has 0 unspecified atom stereocenters. The van der Waals surface area contributed by atoms with Gasteiger partial charge in [0.2, 0.25) is 17.1 Å². The first-order valence-corrected chi connectivity index (χ1v) is 9.43. The zero-order valence-electron chi connectivity index (χ0n) is 16.1. The first-order chi connectivity index (χ1) is 13.5. The summed E-state index contributed by atoms with van der Waals surface area (Å²) in [4.78, 5) is 40.4. The van der Waals surface area contributed by atoms with Gasteiger partial charge in [-0.3, -0.25) is 14.4 Å². The molecule has 1 amide bonds. The first-order valence-electron chi connectivity index (χ1n) is 9.43. The number of ether oxygens (including phenoxy) is 4. The molecule has 2 aliphatic rings. The molecule has 0 bridgehead atoms. The van der Waals surface area contributed by atoms with Crippen LogP contribution in [0.2, 0.25) is 0 Å². The predicted molar refractivity (Wildman–Crippen MR) is 96.8 cm³/mol. The Morgan fingerprint density at radius 1 is 1.04 bits per heavy atom. The minimum atomic E-state index is -1.99. The number of hydrogen-bond donors (Lipinski definition) is 0. The van der Waals surface area contributed by atoms with E-state index in [2.05, 4.69) is 0 Å². The van der Waals surface area contributed by atoms with Gasteiger partial charge in [0.05, 0.1) is 39.4 Å². The molecule has 0 aliphatic carbocycles. The highest BCUT2D eigenvalue weighted by Crippen LogP contribution is 2.48. The highest BCUT2D eigenvalue weighted by atomic mass is 16.7. The van der Waals surface area contributed by atoms with E-state index in [1.165, 1.54) is 4.90 Å². The van der Waals surface area contributed by atoms with Crippen molar-refractivity contribution in [2.24, 2.45) is 5.41 Å². The lowest BCUT2D eigenvalue weighted by Gasteiger charge is -2.48. The Morgan fingerprint density at radius 2 is 1.61 bits per heavy atom. The summed E-state index contributed by atoms with van der Waals surface area (Å²) in [5.74, 6) is -3.71. The van der Waals surface area contributed by atoms with Gasteiger partial charge in [-0.15, -0.1) is 0 Å². The lowest BCUT2D eigenvalue weighted by atomic mass is 9.72. The van der Waals surface area contributed by atoms with Gasteiger partial charge in [-0.2, -0.15) is 0 Å². The fraction of sp³-hybridized carbons (Fsp3) is 0.550. The summed E-state index contributed by atoms with van der Waals surface area (Å²) in [6.45, 7) is 4.02. The molecule has 3 rings (SSSR count). The topological polar surface area (TPSA) is 91.4 Å². The van der Waals surface area contributed by atoms with Crippen molar-refractivity contribution in [1.82, 2.24) is 4.90 Å². The molecule has 0 radical (unpaired) electrons. The van der Waals surface area contributed by atoms with Crippen LogP contribution in [0, 0.1) is 5.41 Å². The van der Waals surface area contributed by atoms with E-state index in [0.717, 1.165) is 5.56 Å². The third-order valence-corrected chi connectivity index (χ3v) is 5.04. The van der Waals surface area contributed by atoms with E-state index < -0.39 is 29.6 Å². The average molecular weight is 391 g/mol. The number of nitrogens with zero attached hydrogens (tertiary/aromatic N) is 1. The van der Waals surface area contributed by atoms with Crippen LogP contribution >= 0.6 is 0 Å². The normalized spacial score (nSPS) is 20.2. The summed E-state index contributed by atoms with van der Waals surface area (Å²) in [5, 5.41) is 0. The van der Waals surface area contributed by atoms with Crippen LogP contribution in [0.4, 0.5) is 0 Å². The number of carbonyl (C=O) groups excluding carboxylic acids is 3. The smallest absolute Gasteiger partial charge is 0.329 e. The minimum Gasteiger partial charge on any atom is -0.465 e. The van der Waals surface area contributed by atoms with E-state index in [4.69, 9.17) is 18.9 Å². The predicted octanol–water partition coefficient (Wildman–Crippen LogP) is 1.27. The summed E-state index contributed by atoms with van der Waals surface area (Å²) in [7, 11) is 0. The van der Waals surface area contributed by atoms with Crippen LogP contribution in [-0.2, 0) is 39.9 Å². The summed E-state index contributed by atoms with van der Waals surface area (Å²) < 4.78 is 22.0. The Balaban J connectivity index is 1.99. The molecule has 1 aromatic carbocycles. The first kappa shape index (κ1) is 20.3. The molecule has 1 aromatic rings. The van der Waals surface area contributed by atoms with Crippen LogP contribution in [0.5, 0.6) is 0 Å². The second-order valence-electron chi connectivity index (χ2n) is 6.71. The molecule has 8 nitrogen and oxygen atoms in total. The van der Waals surface area contributed by atoms with E-state index in [-0.39, 0.29) is 38.9 Å². The molecular weight excluding hydrogens is 366 g/mol. The maximum absolute atomic E-state index is 13.0. The molecule has 28 heavy (non-hydrogen) atoms. The molecule has 2 fully saturated rings. The quantitative estimate of drug-likeness (QED) is 0.533. The standard InChI is InChI=1S/C20H25NO7/c1-3-25-17(23)19(18(24)26-4-2)12-16(22)21(13-15-8-6-5-7-9-15)14-20(19)27-10-11-28-20/h5-9H,3-4,10-14H2,1-2H3. The Labute approximate surface area is 163 Å². The van der Waals surface area contributed by atoms with Gasteiger partial charge in [0, 0.05) is 6.54 Å². The molecular formula is C20H25NO7. The van der Waals surface area contributed by atoms with Crippen LogP contribution in [-0.4, -0.2) is 61.5 Å². The van der Waals surface area contributed by atoms with Gasteiger partial charge < -0.3 is 23.8 Å². The lowest BCUT2D eigenvalue weighted by Crippen LogP contribution is -2.69. The number of benzene rings is 1. The molecule has 0 N–H and O–H groups in total. The van der Waals surface area contributed by atoms with Crippen LogP contribution in [0.3, 0.4) is 0 Å². The van der Waals surface area contributed by atoms with Crippen molar-refractivity contribution in [1.29, 1.82) is 0 Å². The number of hydrogen-bond acceptors (Lipinski definition) is 7. The van der Waals surface area contributed by atoms with Gasteiger partial charge in [-0.25, -0.2) is 0 Å². The summed E-state index contributed by atoms with van der Waals surface area (Å²) in [5.41, 5.74) is -1.07. The molecule has 2 heterocycles. The maximum atomic E-state index is 13.0. The molecule has 0 saturated carbocycles. The Hall–Kier alpha value is -2.45. The second kappa shape index (κ2) is 8.28. The van der Waals surface area contributed by atoms with Crippen molar-refractivity contribution in [3.8, 4) is 0 Å². The van der Waals surface area contributed by atoms with Gasteiger partial charge in [-0.1, -0.05) is 30.3 Å². The lowest BCUT2D eigenvalue weighted by molar-refractivity contribution is -0.265. The monoisotopic (exact) mass is 391 g/mol. The van der Waals surface area contributed by atoms with Gasteiger partial charge in [0.25, 0.3) is 0 Å². The Kier molecular flexibility index (Phi) is 6.00. The number of rotatable bonds is 6. The van der Waals surface area contributed by atoms with Gasteiger partial charge in [-0.05, 0) is 19.4 Å². The molecule has 0 atom stereocenters. The number of carbonyl (C=O) groups is 3. The third kappa shape index (κ3) is 3.38. The fourth-order valence-electron chi connectivity index (χ4n) is 3.74.